The summed E-state index contributed by atoms with van der Waals surface area (Å²) in [6.07, 6.45) is 3.89. The first kappa shape index (κ1) is 16.2. The molecule has 3 heteroatoms. The van der Waals surface area contributed by atoms with E-state index < -0.39 is 0 Å². The van der Waals surface area contributed by atoms with Crippen molar-refractivity contribution in [1.29, 1.82) is 0 Å². The van der Waals surface area contributed by atoms with E-state index in [9.17, 15) is 0 Å². The summed E-state index contributed by atoms with van der Waals surface area (Å²) < 4.78 is 0. The number of halogens is 1. The molecule has 1 aliphatic rings. The zero-order chi connectivity index (χ0) is 11.5. The lowest BCUT2D eigenvalue weighted by Crippen LogP contribution is -2.40. The molecule has 0 spiro atoms. The minimum atomic E-state index is 0. The summed E-state index contributed by atoms with van der Waals surface area (Å²) in [6.45, 7) is 12.9. The fraction of sp³-hybridized carbons (Fsp3) is 1.00. The van der Waals surface area contributed by atoms with Crippen molar-refractivity contribution in [3.8, 4) is 0 Å². The first-order chi connectivity index (χ1) is 6.88. The Bertz CT molecular complexity index is 179. The van der Waals surface area contributed by atoms with Crippen molar-refractivity contribution in [3.05, 3.63) is 0 Å². The van der Waals surface area contributed by atoms with Crippen molar-refractivity contribution in [2.45, 2.75) is 53.0 Å². The van der Waals surface area contributed by atoms with Crippen LogP contribution in [0, 0.1) is 11.3 Å². The highest BCUT2D eigenvalue weighted by atomic mass is 35.5. The second-order valence-electron chi connectivity index (χ2n) is 6.35. The molecule has 0 aromatic heterocycles. The molecular weight excluding hydrogens is 220 g/mol. The van der Waals surface area contributed by atoms with Crippen LogP contribution in [-0.2, 0) is 0 Å². The zero-order valence-corrected chi connectivity index (χ0v) is 12.1. The Balaban J connectivity index is 0.00000225. The molecule has 1 rings (SSSR count). The fourth-order valence-electron chi connectivity index (χ4n) is 2.20. The largest absolute Gasteiger partial charge is 0.328 e. The molecular formula is C13H29ClN2. The van der Waals surface area contributed by atoms with E-state index in [-0.39, 0.29) is 12.4 Å². The van der Waals surface area contributed by atoms with Gasteiger partial charge < -0.3 is 10.6 Å². The molecule has 0 amide bonds. The maximum absolute atomic E-state index is 5.94. The van der Waals surface area contributed by atoms with Gasteiger partial charge in [0, 0.05) is 6.04 Å². The van der Waals surface area contributed by atoms with E-state index in [0.29, 0.717) is 11.5 Å². The van der Waals surface area contributed by atoms with Crippen LogP contribution in [0.2, 0.25) is 0 Å². The van der Waals surface area contributed by atoms with Crippen molar-refractivity contribution in [3.63, 3.8) is 0 Å². The summed E-state index contributed by atoms with van der Waals surface area (Å²) in [5.41, 5.74) is 6.41. The standard InChI is InChI=1S/C13H28N2.ClH/c1-11(14)12-5-8-15(9-6-12)10-7-13(2,3)4;/h11-12H,5-10,14H2,1-4H3;1H. The van der Waals surface area contributed by atoms with Gasteiger partial charge in [-0.15, -0.1) is 12.4 Å². The van der Waals surface area contributed by atoms with Crippen LogP contribution in [-0.4, -0.2) is 30.6 Å². The van der Waals surface area contributed by atoms with Gasteiger partial charge in [0.05, 0.1) is 0 Å². The molecule has 0 bridgehead atoms. The highest BCUT2D eigenvalue weighted by molar-refractivity contribution is 5.85. The molecule has 1 atom stereocenters. The quantitative estimate of drug-likeness (QED) is 0.832. The Morgan fingerprint density at radius 3 is 2.12 bits per heavy atom. The number of hydrogen-bond donors (Lipinski definition) is 1. The summed E-state index contributed by atoms with van der Waals surface area (Å²) in [6, 6.07) is 0.384. The van der Waals surface area contributed by atoms with Gasteiger partial charge in [-0.1, -0.05) is 20.8 Å². The third-order valence-electron chi connectivity index (χ3n) is 3.55. The number of piperidine rings is 1. The van der Waals surface area contributed by atoms with Crippen molar-refractivity contribution < 1.29 is 0 Å². The summed E-state index contributed by atoms with van der Waals surface area (Å²) >= 11 is 0. The van der Waals surface area contributed by atoms with E-state index in [1.807, 2.05) is 0 Å². The van der Waals surface area contributed by atoms with Gasteiger partial charge >= 0.3 is 0 Å². The summed E-state index contributed by atoms with van der Waals surface area (Å²) in [5, 5.41) is 0. The van der Waals surface area contributed by atoms with Gasteiger partial charge in [-0.25, -0.2) is 0 Å². The summed E-state index contributed by atoms with van der Waals surface area (Å²) in [4.78, 5) is 2.60. The van der Waals surface area contributed by atoms with Crippen molar-refractivity contribution in [2.75, 3.05) is 19.6 Å². The third kappa shape index (κ3) is 6.07. The Morgan fingerprint density at radius 2 is 1.75 bits per heavy atom. The van der Waals surface area contributed by atoms with E-state index in [4.69, 9.17) is 5.73 Å². The second-order valence-corrected chi connectivity index (χ2v) is 6.35. The predicted molar refractivity (Wildman–Crippen MR) is 74.1 cm³/mol. The third-order valence-corrected chi connectivity index (χ3v) is 3.55. The average molecular weight is 249 g/mol. The fourth-order valence-corrected chi connectivity index (χ4v) is 2.20. The van der Waals surface area contributed by atoms with Gasteiger partial charge in [0.1, 0.15) is 0 Å². The lowest BCUT2D eigenvalue weighted by molar-refractivity contribution is 0.154. The molecule has 16 heavy (non-hydrogen) atoms. The van der Waals surface area contributed by atoms with Gasteiger partial charge in [0.2, 0.25) is 0 Å². The summed E-state index contributed by atoms with van der Waals surface area (Å²) in [5.74, 6) is 0.760. The normalized spacial score (nSPS) is 21.6. The van der Waals surface area contributed by atoms with Crippen LogP contribution in [0.3, 0.4) is 0 Å². The number of nitrogens with zero attached hydrogens (tertiary/aromatic N) is 1. The van der Waals surface area contributed by atoms with Crippen LogP contribution in [0.4, 0.5) is 0 Å². The van der Waals surface area contributed by atoms with E-state index in [1.54, 1.807) is 0 Å². The zero-order valence-electron chi connectivity index (χ0n) is 11.3. The van der Waals surface area contributed by atoms with Crippen LogP contribution >= 0.6 is 12.4 Å². The average Bonchev–Trinajstić information content (AvgIpc) is 2.14. The SMILES string of the molecule is CC(N)C1CCN(CCC(C)(C)C)CC1.Cl. The van der Waals surface area contributed by atoms with Crippen LogP contribution in [0.25, 0.3) is 0 Å². The van der Waals surface area contributed by atoms with E-state index in [1.165, 1.54) is 38.9 Å². The molecule has 0 aromatic rings. The number of nitrogens with two attached hydrogens (primary N) is 1. The molecule has 98 valence electrons. The topological polar surface area (TPSA) is 29.3 Å². The number of likely N-dealkylation sites (tertiary alicyclic amines) is 1. The van der Waals surface area contributed by atoms with Gasteiger partial charge in [-0.05, 0) is 57.2 Å². The first-order valence-electron chi connectivity index (χ1n) is 6.36. The predicted octanol–water partition coefficient (Wildman–Crippen LogP) is 2.90. The molecule has 1 aliphatic heterocycles. The molecule has 2 N–H and O–H groups in total. The molecule has 0 aliphatic carbocycles. The number of rotatable bonds is 3. The highest BCUT2D eigenvalue weighted by Gasteiger charge is 2.22. The molecule has 1 heterocycles. The molecule has 1 fully saturated rings. The number of hydrogen-bond acceptors (Lipinski definition) is 2. The molecule has 2 nitrogen and oxygen atoms in total. The highest BCUT2D eigenvalue weighted by Crippen LogP contribution is 2.23. The molecule has 0 saturated carbocycles. The minimum Gasteiger partial charge on any atom is -0.328 e. The Hall–Kier alpha value is 0.210. The Morgan fingerprint density at radius 1 is 1.25 bits per heavy atom. The van der Waals surface area contributed by atoms with Gasteiger partial charge in [-0.3, -0.25) is 0 Å². The molecule has 1 saturated heterocycles. The van der Waals surface area contributed by atoms with Crippen LogP contribution in [0.5, 0.6) is 0 Å². The van der Waals surface area contributed by atoms with Gasteiger partial charge in [0.25, 0.3) is 0 Å². The Labute approximate surface area is 107 Å². The van der Waals surface area contributed by atoms with Crippen LogP contribution in [0.1, 0.15) is 47.0 Å². The molecule has 1 unspecified atom stereocenters. The second kappa shape index (κ2) is 6.83. The first-order valence-corrected chi connectivity index (χ1v) is 6.36. The van der Waals surface area contributed by atoms with Gasteiger partial charge in [0.15, 0.2) is 0 Å². The minimum absolute atomic E-state index is 0. The van der Waals surface area contributed by atoms with Crippen molar-refractivity contribution in [1.82, 2.24) is 4.90 Å². The van der Waals surface area contributed by atoms with Crippen LogP contribution < -0.4 is 5.73 Å². The van der Waals surface area contributed by atoms with Crippen molar-refractivity contribution in [2.24, 2.45) is 17.1 Å². The van der Waals surface area contributed by atoms with E-state index >= 15 is 0 Å². The maximum Gasteiger partial charge on any atom is 0.00397 e. The lowest BCUT2D eigenvalue weighted by atomic mass is 9.89. The smallest absolute Gasteiger partial charge is 0.00397 e. The van der Waals surface area contributed by atoms with E-state index in [0.717, 1.165) is 5.92 Å². The molecule has 0 radical (unpaired) electrons. The monoisotopic (exact) mass is 248 g/mol. The Kier molecular flexibility index (Phi) is 6.92. The maximum atomic E-state index is 5.94. The van der Waals surface area contributed by atoms with Gasteiger partial charge in [-0.2, -0.15) is 0 Å². The van der Waals surface area contributed by atoms with Crippen molar-refractivity contribution >= 4 is 12.4 Å². The summed E-state index contributed by atoms with van der Waals surface area (Å²) in [7, 11) is 0. The van der Waals surface area contributed by atoms with E-state index in [2.05, 4.69) is 32.6 Å². The lowest BCUT2D eigenvalue weighted by Gasteiger charge is -2.35. The van der Waals surface area contributed by atoms with Crippen LogP contribution in [0.15, 0.2) is 0 Å². The molecule has 0 aromatic carbocycles.